The lowest BCUT2D eigenvalue weighted by molar-refractivity contribution is -0.684. The highest BCUT2D eigenvalue weighted by molar-refractivity contribution is 5.94. The fraction of sp³-hybridized carbons (Fsp3) is 0.435. The average molecular weight is 485 g/mol. The molecule has 0 radical (unpaired) electrons. The van der Waals surface area contributed by atoms with Crippen molar-refractivity contribution in [3.05, 3.63) is 48.3 Å². The summed E-state index contributed by atoms with van der Waals surface area (Å²) in [6, 6.07) is 1.24. The van der Waals surface area contributed by atoms with Gasteiger partial charge in [0.05, 0.1) is 11.7 Å². The minimum absolute atomic E-state index is 0.0152. The van der Waals surface area contributed by atoms with Crippen molar-refractivity contribution in [1.29, 1.82) is 5.41 Å². The van der Waals surface area contributed by atoms with Crippen molar-refractivity contribution in [2.75, 3.05) is 0 Å². The van der Waals surface area contributed by atoms with Crippen molar-refractivity contribution in [3.8, 4) is 0 Å². The first-order valence-electron chi connectivity index (χ1n) is 11.0. The van der Waals surface area contributed by atoms with Gasteiger partial charge in [-0.3, -0.25) is 14.4 Å². The van der Waals surface area contributed by atoms with Crippen LogP contribution in [0.1, 0.15) is 44.9 Å². The molecule has 0 spiro atoms. The van der Waals surface area contributed by atoms with E-state index in [1.54, 1.807) is 33.0 Å². The molecule has 1 aliphatic rings. The highest BCUT2D eigenvalue weighted by Crippen LogP contribution is 2.11. The smallest absolute Gasteiger partial charge is 0.419 e. The van der Waals surface area contributed by atoms with Crippen LogP contribution in [0.5, 0.6) is 0 Å². The molecule has 1 aliphatic heterocycles. The van der Waals surface area contributed by atoms with Crippen LogP contribution in [0.15, 0.2) is 37.1 Å². The zero-order valence-corrected chi connectivity index (χ0v) is 19.7. The maximum atomic E-state index is 13.2. The van der Waals surface area contributed by atoms with E-state index in [1.807, 2.05) is 0 Å². The van der Waals surface area contributed by atoms with Crippen LogP contribution in [-0.2, 0) is 32.1 Å². The summed E-state index contributed by atoms with van der Waals surface area (Å²) in [5.41, 5.74) is -0.220. The molecule has 3 N–H and O–H groups in total. The molecular weight excluding hydrogens is 456 g/mol. The number of Topliss-reactive ketones (excluding diaryl/α,β-unsaturated/α-hetero) is 1. The first kappa shape index (κ1) is 25.5. The van der Waals surface area contributed by atoms with Crippen LogP contribution in [0.2, 0.25) is 0 Å². The quantitative estimate of drug-likeness (QED) is 0.250. The third-order valence-electron chi connectivity index (χ3n) is 5.13. The van der Waals surface area contributed by atoms with Gasteiger partial charge in [-0.05, 0) is 39.2 Å². The Bertz CT molecular complexity index is 1150. The molecule has 2 aromatic heterocycles. The zero-order valence-electron chi connectivity index (χ0n) is 19.7. The Kier molecular flexibility index (Phi) is 7.62. The number of nitrogens with one attached hydrogen (secondary N) is 3. The largest absolute Gasteiger partial charge is 0.859 e. The summed E-state index contributed by atoms with van der Waals surface area (Å²) in [7, 11) is 0. The van der Waals surface area contributed by atoms with E-state index < -0.39 is 41.4 Å². The molecule has 186 valence electrons. The van der Waals surface area contributed by atoms with Crippen LogP contribution in [0, 0.1) is 5.41 Å². The Morgan fingerprint density at radius 1 is 1.40 bits per heavy atom. The van der Waals surface area contributed by atoms with Crippen molar-refractivity contribution < 1.29 is 33.6 Å². The van der Waals surface area contributed by atoms with Gasteiger partial charge in [0.25, 0.3) is 0 Å². The van der Waals surface area contributed by atoms with Crippen LogP contribution in [-0.4, -0.2) is 56.8 Å². The Morgan fingerprint density at radius 2 is 2.14 bits per heavy atom. The van der Waals surface area contributed by atoms with E-state index in [4.69, 9.17) is 10.1 Å². The van der Waals surface area contributed by atoms with Gasteiger partial charge in [-0.25, -0.2) is 14.3 Å². The zero-order chi connectivity index (χ0) is 25.8. The highest BCUT2D eigenvalue weighted by Gasteiger charge is 2.32. The van der Waals surface area contributed by atoms with Gasteiger partial charge in [-0.15, -0.1) is 0 Å². The maximum Gasteiger partial charge on any atom is 0.419 e. The highest BCUT2D eigenvalue weighted by atomic mass is 16.6. The average Bonchev–Trinajstić information content (AvgIpc) is 3.41. The minimum Gasteiger partial charge on any atom is -0.859 e. The second-order valence-corrected chi connectivity index (χ2v) is 9.24. The number of carbonyl (C=O) groups is 4. The number of rotatable bonds is 8. The number of carbonyl (C=O) groups excluding carboxylic acids is 4. The monoisotopic (exact) mass is 484 g/mol. The van der Waals surface area contributed by atoms with Crippen molar-refractivity contribution >= 4 is 29.6 Å². The van der Waals surface area contributed by atoms with Gasteiger partial charge < -0.3 is 25.9 Å². The molecule has 0 saturated carbocycles. The predicted molar refractivity (Wildman–Crippen MR) is 119 cm³/mol. The lowest BCUT2D eigenvalue weighted by Gasteiger charge is -2.19. The SMILES string of the molecule is CC(C)(C)OC(=O)n1cnc(CC(NC(=O)C2CCC(=O)N2)C(=O)C[n+]2cccc(C(=N)[O-])c2)c1. The number of hydrogen-bond acceptors (Lipinski definition) is 8. The van der Waals surface area contributed by atoms with Gasteiger partial charge in [0.15, 0.2) is 12.4 Å². The first-order valence-corrected chi connectivity index (χ1v) is 11.0. The van der Waals surface area contributed by atoms with E-state index in [9.17, 15) is 24.3 Å². The van der Waals surface area contributed by atoms with Crippen LogP contribution in [0.25, 0.3) is 0 Å². The third-order valence-corrected chi connectivity index (χ3v) is 5.13. The number of imidazole rings is 1. The van der Waals surface area contributed by atoms with Crippen molar-refractivity contribution in [2.24, 2.45) is 0 Å². The fourth-order valence-electron chi connectivity index (χ4n) is 3.47. The molecule has 1 saturated heterocycles. The molecule has 2 amide bonds. The molecular formula is C23H28N6O6. The van der Waals surface area contributed by atoms with E-state index in [0.717, 1.165) is 4.57 Å². The molecule has 2 unspecified atom stereocenters. The number of hydrogen-bond donors (Lipinski definition) is 3. The topological polar surface area (TPSA) is 170 Å². The summed E-state index contributed by atoms with van der Waals surface area (Å²) in [5.74, 6) is -2.02. The van der Waals surface area contributed by atoms with E-state index in [2.05, 4.69) is 15.6 Å². The van der Waals surface area contributed by atoms with Gasteiger partial charge in [0.1, 0.15) is 18.0 Å². The normalized spacial score (nSPS) is 16.3. The molecule has 2 aromatic rings. The van der Waals surface area contributed by atoms with E-state index in [1.165, 1.54) is 29.4 Å². The van der Waals surface area contributed by atoms with Gasteiger partial charge in [0.2, 0.25) is 24.1 Å². The van der Waals surface area contributed by atoms with Gasteiger partial charge in [0, 0.05) is 30.7 Å². The Labute approximate surface area is 201 Å². The standard InChI is InChI=1S/C23H28N6O6/c1-23(2,3)35-22(34)29-11-15(25-13-29)9-17(27-21(33)16-6-7-19(31)26-16)18(30)12-28-8-4-5-14(10-28)20(24)32/h4-5,8,10-11,13,16-17H,6-7,9,12H2,1-3H3,(H3-,24,26,27,31,32,33). The lowest BCUT2D eigenvalue weighted by atomic mass is 10.1. The molecule has 0 aliphatic carbocycles. The second kappa shape index (κ2) is 10.5. The van der Waals surface area contributed by atoms with Crippen molar-refractivity contribution in [3.63, 3.8) is 0 Å². The molecule has 1 fully saturated rings. The van der Waals surface area contributed by atoms with Crippen LogP contribution in [0.4, 0.5) is 4.79 Å². The Balaban J connectivity index is 1.77. The Hall–Kier alpha value is -4.09. The summed E-state index contributed by atoms with van der Waals surface area (Å²) in [4.78, 5) is 53.8. The van der Waals surface area contributed by atoms with Crippen LogP contribution < -0.4 is 20.3 Å². The number of nitrogens with zero attached hydrogens (tertiary/aromatic N) is 3. The molecule has 0 aromatic carbocycles. The molecule has 3 rings (SSSR count). The molecule has 35 heavy (non-hydrogen) atoms. The number of pyridine rings is 1. The fourth-order valence-corrected chi connectivity index (χ4v) is 3.47. The number of ketones is 1. The first-order chi connectivity index (χ1) is 16.4. The summed E-state index contributed by atoms with van der Waals surface area (Å²) in [6.45, 7) is 5.01. The molecule has 3 heterocycles. The number of aromatic nitrogens is 3. The molecule has 2 atom stereocenters. The summed E-state index contributed by atoms with van der Waals surface area (Å²) in [5, 5.41) is 23.8. The molecule has 12 heteroatoms. The van der Waals surface area contributed by atoms with Gasteiger partial charge >= 0.3 is 6.09 Å². The molecule has 0 bridgehead atoms. The predicted octanol–water partition coefficient (Wildman–Crippen LogP) is -0.785. The second-order valence-electron chi connectivity index (χ2n) is 9.24. The third kappa shape index (κ3) is 7.19. The Morgan fingerprint density at radius 3 is 2.77 bits per heavy atom. The lowest BCUT2D eigenvalue weighted by Crippen LogP contribution is -2.53. The summed E-state index contributed by atoms with van der Waals surface area (Å²) in [6.07, 6.45) is 5.52. The van der Waals surface area contributed by atoms with Gasteiger partial charge in [-0.1, -0.05) is 0 Å². The number of ether oxygens (including phenoxy) is 1. The van der Waals surface area contributed by atoms with Gasteiger partial charge in [-0.2, -0.15) is 4.57 Å². The van der Waals surface area contributed by atoms with E-state index in [0.29, 0.717) is 12.1 Å². The van der Waals surface area contributed by atoms with Crippen molar-refractivity contribution in [1.82, 2.24) is 20.2 Å². The minimum atomic E-state index is -1.02. The summed E-state index contributed by atoms with van der Waals surface area (Å²) < 4.78 is 7.90. The van der Waals surface area contributed by atoms with Crippen LogP contribution >= 0.6 is 0 Å². The molecule has 12 nitrogen and oxygen atoms in total. The number of amides is 2. The van der Waals surface area contributed by atoms with E-state index in [-0.39, 0.29) is 30.9 Å². The maximum absolute atomic E-state index is 13.2. The van der Waals surface area contributed by atoms with Crippen LogP contribution in [0.3, 0.4) is 0 Å². The van der Waals surface area contributed by atoms with E-state index >= 15 is 0 Å². The van der Waals surface area contributed by atoms with Crippen molar-refractivity contribution in [2.45, 2.75) is 64.3 Å². The summed E-state index contributed by atoms with van der Waals surface area (Å²) >= 11 is 0.